The van der Waals surface area contributed by atoms with Gasteiger partial charge >= 0.3 is 0 Å². The highest BCUT2D eigenvalue weighted by Crippen LogP contribution is 2.31. The lowest BCUT2D eigenvalue weighted by atomic mass is 10.0. The van der Waals surface area contributed by atoms with Crippen LogP contribution >= 0.6 is 0 Å². The monoisotopic (exact) mass is 370 g/mol. The second-order valence-corrected chi connectivity index (χ2v) is 6.98. The highest BCUT2D eigenvalue weighted by atomic mass is 19.2. The molecule has 3 rings (SSSR count). The molecular formula is C21H20F2N2O2. The van der Waals surface area contributed by atoms with Gasteiger partial charge in [0.15, 0.2) is 11.6 Å². The van der Waals surface area contributed by atoms with Crippen molar-refractivity contribution in [2.24, 2.45) is 5.92 Å². The number of imide groups is 1. The van der Waals surface area contributed by atoms with E-state index in [0.717, 1.165) is 17.7 Å². The number of anilines is 1. The molecule has 6 heteroatoms. The first-order valence-electron chi connectivity index (χ1n) is 8.67. The lowest BCUT2D eigenvalue weighted by Crippen LogP contribution is -2.35. The molecule has 0 unspecified atom stereocenters. The van der Waals surface area contributed by atoms with Gasteiger partial charge in [0.1, 0.15) is 5.70 Å². The minimum atomic E-state index is -1.03. The van der Waals surface area contributed by atoms with Crippen molar-refractivity contribution < 1.29 is 18.4 Å². The van der Waals surface area contributed by atoms with Crippen molar-refractivity contribution in [2.45, 2.75) is 20.8 Å². The third-order valence-electron chi connectivity index (χ3n) is 4.24. The highest BCUT2D eigenvalue weighted by Gasteiger charge is 2.39. The van der Waals surface area contributed by atoms with Gasteiger partial charge in [0.2, 0.25) is 0 Å². The molecule has 1 N–H and O–H groups in total. The van der Waals surface area contributed by atoms with Gasteiger partial charge in [-0.05, 0) is 30.5 Å². The number of nitrogens with zero attached hydrogens (tertiary/aromatic N) is 1. The molecule has 0 spiro atoms. The van der Waals surface area contributed by atoms with E-state index < -0.39 is 23.4 Å². The summed E-state index contributed by atoms with van der Waals surface area (Å²) in [5.74, 6) is -2.80. The summed E-state index contributed by atoms with van der Waals surface area (Å²) in [6, 6.07) is 10.5. The molecule has 0 atom stereocenters. The van der Waals surface area contributed by atoms with E-state index in [1.54, 1.807) is 12.1 Å². The average Bonchev–Trinajstić information content (AvgIpc) is 2.83. The summed E-state index contributed by atoms with van der Waals surface area (Å²) < 4.78 is 26.7. The molecular weight excluding hydrogens is 350 g/mol. The van der Waals surface area contributed by atoms with Gasteiger partial charge in [-0.1, -0.05) is 43.7 Å². The maximum atomic E-state index is 13.5. The predicted octanol–water partition coefficient (Wildman–Crippen LogP) is 4.12. The summed E-state index contributed by atoms with van der Waals surface area (Å²) in [5, 5.41) is 2.82. The fourth-order valence-corrected chi connectivity index (χ4v) is 2.93. The smallest absolute Gasteiger partial charge is 0.278 e. The fraction of sp³-hybridized carbons (Fsp3) is 0.238. The highest BCUT2D eigenvalue weighted by molar-refractivity contribution is 6.36. The van der Waals surface area contributed by atoms with Crippen LogP contribution in [0.3, 0.4) is 0 Å². The number of hydrogen-bond acceptors (Lipinski definition) is 3. The molecule has 1 aliphatic heterocycles. The molecule has 2 aromatic rings. The summed E-state index contributed by atoms with van der Waals surface area (Å²) in [5.41, 5.74) is 2.10. The van der Waals surface area contributed by atoms with Crippen LogP contribution in [0.25, 0.3) is 5.57 Å². The molecule has 27 heavy (non-hydrogen) atoms. The normalized spacial score (nSPS) is 14.5. The van der Waals surface area contributed by atoms with E-state index >= 15 is 0 Å². The molecule has 2 aromatic carbocycles. The molecule has 140 valence electrons. The number of carbonyl (C=O) groups excluding carboxylic acids is 2. The van der Waals surface area contributed by atoms with Crippen molar-refractivity contribution in [1.82, 2.24) is 4.90 Å². The Morgan fingerprint density at radius 2 is 1.63 bits per heavy atom. The molecule has 0 aromatic heterocycles. The van der Waals surface area contributed by atoms with Crippen LogP contribution in [0, 0.1) is 24.5 Å². The van der Waals surface area contributed by atoms with Crippen LogP contribution < -0.4 is 5.32 Å². The van der Waals surface area contributed by atoms with E-state index in [0.29, 0.717) is 5.56 Å². The molecule has 0 aliphatic carbocycles. The largest absolute Gasteiger partial charge is 0.350 e. The molecule has 2 amide bonds. The molecule has 0 saturated carbocycles. The Morgan fingerprint density at radius 3 is 2.22 bits per heavy atom. The van der Waals surface area contributed by atoms with Crippen LogP contribution in [0.2, 0.25) is 0 Å². The summed E-state index contributed by atoms with van der Waals surface area (Å²) in [6.45, 7) is 6.01. The first-order chi connectivity index (χ1) is 12.8. The van der Waals surface area contributed by atoms with Crippen molar-refractivity contribution in [3.05, 3.63) is 70.9 Å². The Kier molecular flexibility index (Phi) is 5.08. The van der Waals surface area contributed by atoms with Crippen molar-refractivity contribution in [3.8, 4) is 0 Å². The van der Waals surface area contributed by atoms with Crippen molar-refractivity contribution >= 4 is 23.1 Å². The van der Waals surface area contributed by atoms with Crippen LogP contribution in [0.1, 0.15) is 25.0 Å². The SMILES string of the molecule is Cc1ccc(C2=C(Nc3ccc(F)c(F)c3)C(=O)N(CC(C)C)C2=O)cc1. The van der Waals surface area contributed by atoms with Crippen LogP contribution in [0.5, 0.6) is 0 Å². The first kappa shape index (κ1) is 18.8. The standard InChI is InChI=1S/C21H20F2N2O2/c1-12(2)11-25-20(26)18(14-6-4-13(3)5-7-14)19(21(25)27)24-15-8-9-16(22)17(23)10-15/h4-10,12,24H,11H2,1-3H3. The maximum absolute atomic E-state index is 13.5. The lowest BCUT2D eigenvalue weighted by Gasteiger charge is -2.17. The predicted molar refractivity (Wildman–Crippen MR) is 99.6 cm³/mol. The number of benzene rings is 2. The van der Waals surface area contributed by atoms with Crippen LogP contribution in [0.15, 0.2) is 48.2 Å². The van der Waals surface area contributed by atoms with Crippen molar-refractivity contribution in [1.29, 1.82) is 0 Å². The van der Waals surface area contributed by atoms with E-state index in [4.69, 9.17) is 0 Å². The third kappa shape index (κ3) is 3.74. The first-order valence-corrected chi connectivity index (χ1v) is 8.67. The number of nitrogens with one attached hydrogen (secondary N) is 1. The summed E-state index contributed by atoms with van der Waals surface area (Å²) in [4.78, 5) is 27.0. The Balaban J connectivity index is 2.06. The zero-order valence-corrected chi connectivity index (χ0v) is 15.3. The van der Waals surface area contributed by atoms with Crippen molar-refractivity contribution in [2.75, 3.05) is 11.9 Å². The fourth-order valence-electron chi connectivity index (χ4n) is 2.93. The quantitative estimate of drug-likeness (QED) is 0.806. The van der Waals surface area contributed by atoms with Crippen LogP contribution in [-0.4, -0.2) is 23.3 Å². The van der Waals surface area contributed by atoms with Crippen molar-refractivity contribution in [3.63, 3.8) is 0 Å². The number of halogens is 2. The van der Waals surface area contributed by atoms with Gasteiger partial charge in [-0.2, -0.15) is 0 Å². The minimum absolute atomic E-state index is 0.0653. The number of hydrogen-bond donors (Lipinski definition) is 1. The van der Waals surface area contributed by atoms with Crippen LogP contribution in [0.4, 0.5) is 14.5 Å². The van der Waals surface area contributed by atoms with Gasteiger partial charge in [0, 0.05) is 18.3 Å². The van der Waals surface area contributed by atoms with Gasteiger partial charge in [-0.25, -0.2) is 8.78 Å². The number of amides is 2. The van der Waals surface area contributed by atoms with Gasteiger partial charge in [0.05, 0.1) is 5.57 Å². The zero-order chi connectivity index (χ0) is 19.7. The molecule has 1 heterocycles. The number of carbonyl (C=O) groups is 2. The second kappa shape index (κ2) is 7.31. The number of aryl methyl sites for hydroxylation is 1. The van der Waals surface area contributed by atoms with Gasteiger partial charge in [-0.15, -0.1) is 0 Å². The molecule has 4 nitrogen and oxygen atoms in total. The summed E-state index contributed by atoms with van der Waals surface area (Å²) >= 11 is 0. The second-order valence-electron chi connectivity index (χ2n) is 6.98. The molecule has 0 fully saturated rings. The maximum Gasteiger partial charge on any atom is 0.278 e. The van der Waals surface area contributed by atoms with E-state index in [1.807, 2.05) is 32.9 Å². The number of rotatable bonds is 5. The topological polar surface area (TPSA) is 49.4 Å². The summed E-state index contributed by atoms with van der Waals surface area (Å²) in [7, 11) is 0. The molecule has 0 radical (unpaired) electrons. The van der Waals surface area contributed by atoms with E-state index in [2.05, 4.69) is 5.32 Å². The van der Waals surface area contributed by atoms with E-state index in [-0.39, 0.29) is 29.4 Å². The lowest BCUT2D eigenvalue weighted by molar-refractivity contribution is -0.137. The van der Waals surface area contributed by atoms with Gasteiger partial charge in [0.25, 0.3) is 11.8 Å². The Bertz CT molecular complexity index is 934. The van der Waals surface area contributed by atoms with Gasteiger partial charge in [-0.3, -0.25) is 14.5 Å². The Hall–Kier alpha value is -3.02. The van der Waals surface area contributed by atoms with Gasteiger partial charge < -0.3 is 5.32 Å². The minimum Gasteiger partial charge on any atom is -0.350 e. The Morgan fingerprint density at radius 1 is 0.963 bits per heavy atom. The third-order valence-corrected chi connectivity index (χ3v) is 4.24. The Labute approximate surface area is 156 Å². The van der Waals surface area contributed by atoms with E-state index in [1.165, 1.54) is 11.0 Å². The molecule has 0 bridgehead atoms. The van der Waals surface area contributed by atoms with Crippen LogP contribution in [-0.2, 0) is 9.59 Å². The molecule has 1 aliphatic rings. The van der Waals surface area contributed by atoms with E-state index in [9.17, 15) is 18.4 Å². The summed E-state index contributed by atoms with van der Waals surface area (Å²) in [6.07, 6.45) is 0. The molecule has 0 saturated heterocycles. The zero-order valence-electron chi connectivity index (χ0n) is 15.3. The average molecular weight is 370 g/mol.